The SMILES string of the molecule is CC(C)CNC(=O)CN1C(=O)CCOc2ccccc21. The minimum absolute atomic E-state index is 0.0337. The van der Waals surface area contributed by atoms with Crippen LogP contribution in [0.15, 0.2) is 24.3 Å². The van der Waals surface area contributed by atoms with Gasteiger partial charge in [-0.1, -0.05) is 26.0 Å². The Hall–Kier alpha value is -2.04. The molecule has 1 aliphatic rings. The lowest BCUT2D eigenvalue weighted by Gasteiger charge is -2.21. The van der Waals surface area contributed by atoms with E-state index in [1.807, 2.05) is 32.0 Å². The van der Waals surface area contributed by atoms with Gasteiger partial charge in [0, 0.05) is 6.54 Å². The molecule has 2 amide bonds. The van der Waals surface area contributed by atoms with Gasteiger partial charge in [0.2, 0.25) is 11.8 Å². The zero-order valence-corrected chi connectivity index (χ0v) is 11.9. The molecule has 0 bridgehead atoms. The summed E-state index contributed by atoms with van der Waals surface area (Å²) in [5, 5.41) is 2.83. The summed E-state index contributed by atoms with van der Waals surface area (Å²) in [7, 11) is 0. The van der Waals surface area contributed by atoms with Gasteiger partial charge in [-0.15, -0.1) is 0 Å². The molecule has 0 unspecified atom stereocenters. The van der Waals surface area contributed by atoms with Gasteiger partial charge in [0.1, 0.15) is 12.3 Å². The molecule has 2 rings (SSSR count). The van der Waals surface area contributed by atoms with E-state index in [0.717, 1.165) is 0 Å². The van der Waals surface area contributed by atoms with E-state index in [9.17, 15) is 9.59 Å². The third kappa shape index (κ3) is 3.50. The third-order valence-corrected chi connectivity index (χ3v) is 3.04. The number of anilines is 1. The summed E-state index contributed by atoms with van der Waals surface area (Å²) < 4.78 is 5.53. The maximum atomic E-state index is 12.1. The van der Waals surface area contributed by atoms with Crippen LogP contribution in [-0.4, -0.2) is 31.5 Å². The molecule has 0 aromatic heterocycles. The van der Waals surface area contributed by atoms with E-state index in [2.05, 4.69) is 5.32 Å². The van der Waals surface area contributed by atoms with E-state index in [0.29, 0.717) is 30.5 Å². The standard InChI is InChI=1S/C15H20N2O3/c1-11(2)9-16-14(18)10-17-12-5-3-4-6-13(12)20-8-7-15(17)19/h3-6,11H,7-10H2,1-2H3,(H,16,18). The first-order valence-electron chi connectivity index (χ1n) is 6.87. The monoisotopic (exact) mass is 276 g/mol. The van der Waals surface area contributed by atoms with E-state index >= 15 is 0 Å². The number of para-hydroxylation sites is 2. The molecule has 1 aliphatic heterocycles. The van der Waals surface area contributed by atoms with E-state index in [4.69, 9.17) is 4.74 Å². The Morgan fingerprint density at radius 3 is 2.90 bits per heavy atom. The predicted molar refractivity (Wildman–Crippen MR) is 76.8 cm³/mol. The molecule has 0 aliphatic carbocycles. The summed E-state index contributed by atoms with van der Waals surface area (Å²) in [5.41, 5.74) is 0.662. The number of ether oxygens (including phenoxy) is 1. The van der Waals surface area contributed by atoms with Gasteiger partial charge in [-0.3, -0.25) is 14.5 Å². The number of nitrogens with zero attached hydrogens (tertiary/aromatic N) is 1. The second kappa shape index (κ2) is 6.41. The van der Waals surface area contributed by atoms with Crippen LogP contribution >= 0.6 is 0 Å². The van der Waals surface area contributed by atoms with Crippen molar-refractivity contribution in [1.29, 1.82) is 0 Å². The highest BCUT2D eigenvalue weighted by atomic mass is 16.5. The van der Waals surface area contributed by atoms with Crippen molar-refractivity contribution in [2.45, 2.75) is 20.3 Å². The Kier molecular flexibility index (Phi) is 4.61. The molecule has 1 heterocycles. The van der Waals surface area contributed by atoms with Crippen molar-refractivity contribution >= 4 is 17.5 Å². The fourth-order valence-electron chi connectivity index (χ4n) is 2.01. The first kappa shape index (κ1) is 14.4. The Labute approximate surface area is 118 Å². The van der Waals surface area contributed by atoms with Crippen molar-refractivity contribution < 1.29 is 14.3 Å². The van der Waals surface area contributed by atoms with E-state index in [1.165, 1.54) is 4.90 Å². The van der Waals surface area contributed by atoms with Crippen LogP contribution in [0.4, 0.5) is 5.69 Å². The minimum Gasteiger partial charge on any atom is -0.491 e. The Morgan fingerprint density at radius 2 is 2.15 bits per heavy atom. The molecule has 0 fully saturated rings. The van der Waals surface area contributed by atoms with Crippen LogP contribution in [-0.2, 0) is 9.59 Å². The summed E-state index contributed by atoms with van der Waals surface area (Å²) in [4.78, 5) is 25.6. The Morgan fingerprint density at radius 1 is 1.40 bits per heavy atom. The van der Waals surface area contributed by atoms with Crippen LogP contribution in [0.25, 0.3) is 0 Å². The lowest BCUT2D eigenvalue weighted by atomic mass is 10.2. The molecule has 0 spiro atoms. The lowest BCUT2D eigenvalue weighted by Crippen LogP contribution is -2.41. The van der Waals surface area contributed by atoms with Crippen LogP contribution in [0, 0.1) is 5.92 Å². The molecule has 20 heavy (non-hydrogen) atoms. The van der Waals surface area contributed by atoms with E-state index < -0.39 is 0 Å². The number of carbonyl (C=O) groups is 2. The van der Waals surface area contributed by atoms with Crippen molar-refractivity contribution in [2.75, 3.05) is 24.6 Å². The van der Waals surface area contributed by atoms with Gasteiger partial charge in [0.05, 0.1) is 18.7 Å². The van der Waals surface area contributed by atoms with Gasteiger partial charge >= 0.3 is 0 Å². The third-order valence-electron chi connectivity index (χ3n) is 3.04. The minimum atomic E-state index is -0.149. The van der Waals surface area contributed by atoms with Crippen molar-refractivity contribution in [2.24, 2.45) is 5.92 Å². The molecule has 5 nitrogen and oxygen atoms in total. The van der Waals surface area contributed by atoms with Crippen molar-refractivity contribution in [3.8, 4) is 5.75 Å². The molecular formula is C15H20N2O3. The van der Waals surface area contributed by atoms with Gasteiger partial charge in [-0.05, 0) is 18.1 Å². The van der Waals surface area contributed by atoms with Crippen LogP contribution < -0.4 is 15.0 Å². The maximum absolute atomic E-state index is 12.1. The molecule has 5 heteroatoms. The Bertz CT molecular complexity index is 500. The number of hydrogen-bond donors (Lipinski definition) is 1. The highest BCUT2D eigenvalue weighted by Crippen LogP contribution is 2.30. The molecule has 0 saturated heterocycles. The van der Waals surface area contributed by atoms with Gasteiger partial charge < -0.3 is 10.1 Å². The van der Waals surface area contributed by atoms with Gasteiger partial charge in [0.25, 0.3) is 0 Å². The highest BCUT2D eigenvalue weighted by molar-refractivity contribution is 6.00. The van der Waals surface area contributed by atoms with Crippen LogP contribution in [0.2, 0.25) is 0 Å². The smallest absolute Gasteiger partial charge is 0.240 e. The summed E-state index contributed by atoms with van der Waals surface area (Å²) in [6.45, 7) is 5.05. The summed E-state index contributed by atoms with van der Waals surface area (Å²) in [6, 6.07) is 7.30. The van der Waals surface area contributed by atoms with Crippen molar-refractivity contribution in [3.05, 3.63) is 24.3 Å². The number of hydrogen-bond acceptors (Lipinski definition) is 3. The molecule has 0 saturated carbocycles. The first-order chi connectivity index (χ1) is 9.58. The average Bonchev–Trinajstić information content (AvgIpc) is 2.57. The van der Waals surface area contributed by atoms with Gasteiger partial charge in [-0.25, -0.2) is 0 Å². The summed E-state index contributed by atoms with van der Waals surface area (Å²) >= 11 is 0. The van der Waals surface area contributed by atoms with E-state index in [-0.39, 0.29) is 24.8 Å². The topological polar surface area (TPSA) is 58.6 Å². The average molecular weight is 276 g/mol. The second-order valence-corrected chi connectivity index (χ2v) is 5.24. The van der Waals surface area contributed by atoms with Crippen molar-refractivity contribution in [1.82, 2.24) is 5.32 Å². The zero-order chi connectivity index (χ0) is 14.5. The fraction of sp³-hybridized carbons (Fsp3) is 0.467. The maximum Gasteiger partial charge on any atom is 0.240 e. The number of amides is 2. The number of rotatable bonds is 4. The van der Waals surface area contributed by atoms with Crippen LogP contribution in [0.3, 0.4) is 0 Å². The molecule has 1 N–H and O–H groups in total. The zero-order valence-electron chi connectivity index (χ0n) is 11.9. The molecule has 0 atom stereocenters. The highest BCUT2D eigenvalue weighted by Gasteiger charge is 2.24. The quantitative estimate of drug-likeness (QED) is 0.908. The van der Waals surface area contributed by atoms with Gasteiger partial charge in [-0.2, -0.15) is 0 Å². The summed E-state index contributed by atoms with van der Waals surface area (Å²) in [6.07, 6.45) is 0.284. The number of nitrogens with one attached hydrogen (secondary N) is 1. The normalized spacial score (nSPS) is 14.6. The van der Waals surface area contributed by atoms with Crippen LogP contribution in [0.5, 0.6) is 5.75 Å². The first-order valence-corrected chi connectivity index (χ1v) is 6.87. The molecule has 1 aromatic rings. The number of carbonyl (C=O) groups excluding carboxylic acids is 2. The molecule has 0 radical (unpaired) electrons. The van der Waals surface area contributed by atoms with Crippen molar-refractivity contribution in [3.63, 3.8) is 0 Å². The van der Waals surface area contributed by atoms with Crippen LogP contribution in [0.1, 0.15) is 20.3 Å². The predicted octanol–water partition coefficient (Wildman–Crippen LogP) is 1.57. The summed E-state index contributed by atoms with van der Waals surface area (Å²) in [5.74, 6) is 0.794. The second-order valence-electron chi connectivity index (χ2n) is 5.24. The molecule has 1 aromatic carbocycles. The Balaban J connectivity index is 2.12. The largest absolute Gasteiger partial charge is 0.491 e. The molecule has 108 valence electrons. The number of fused-ring (bicyclic) bond motifs is 1. The lowest BCUT2D eigenvalue weighted by molar-refractivity contribution is -0.124. The fourth-order valence-corrected chi connectivity index (χ4v) is 2.01. The molecular weight excluding hydrogens is 256 g/mol. The van der Waals surface area contributed by atoms with E-state index in [1.54, 1.807) is 6.07 Å². The van der Waals surface area contributed by atoms with Gasteiger partial charge in [0.15, 0.2) is 0 Å². The number of benzene rings is 1.